The molecule has 1 aromatic heterocycles. The van der Waals surface area contributed by atoms with Gasteiger partial charge in [0.1, 0.15) is 0 Å². The number of carbonyl (C=O) groups excluding carboxylic acids is 1. The van der Waals surface area contributed by atoms with Gasteiger partial charge >= 0.3 is 6.03 Å². The minimum Gasteiger partial charge on any atom is -0.383 e. The van der Waals surface area contributed by atoms with Crippen LogP contribution in [0.3, 0.4) is 0 Å². The first-order valence-electron chi connectivity index (χ1n) is 6.93. The van der Waals surface area contributed by atoms with Crippen molar-refractivity contribution in [2.75, 3.05) is 46.4 Å². The van der Waals surface area contributed by atoms with Gasteiger partial charge in [-0.25, -0.2) is 4.79 Å². The number of rotatable bonds is 5. The molecule has 6 heteroatoms. The van der Waals surface area contributed by atoms with E-state index in [0.717, 1.165) is 45.0 Å². The summed E-state index contributed by atoms with van der Waals surface area (Å²) in [6, 6.07) is 5.68. The highest BCUT2D eigenvalue weighted by molar-refractivity contribution is 5.74. The lowest BCUT2D eigenvalue weighted by Crippen LogP contribution is -2.52. The number of hydrogen-bond acceptors (Lipinski definition) is 4. The lowest BCUT2D eigenvalue weighted by atomic mass is 10.3. The summed E-state index contributed by atoms with van der Waals surface area (Å²) in [5.41, 5.74) is 0.875. The van der Waals surface area contributed by atoms with E-state index in [0.29, 0.717) is 6.54 Å². The Bertz CT molecular complexity index is 405. The van der Waals surface area contributed by atoms with E-state index < -0.39 is 0 Å². The Labute approximate surface area is 119 Å². The summed E-state index contributed by atoms with van der Waals surface area (Å²) >= 11 is 0. The van der Waals surface area contributed by atoms with Crippen LogP contribution < -0.4 is 5.32 Å². The Hall–Kier alpha value is -1.66. The number of piperazine rings is 1. The average Bonchev–Trinajstić information content (AvgIpc) is 2.52. The van der Waals surface area contributed by atoms with Gasteiger partial charge in [-0.15, -0.1) is 0 Å². The zero-order valence-electron chi connectivity index (χ0n) is 11.9. The fourth-order valence-electron chi connectivity index (χ4n) is 2.18. The van der Waals surface area contributed by atoms with E-state index in [1.807, 2.05) is 23.1 Å². The first-order valence-corrected chi connectivity index (χ1v) is 6.93. The molecule has 2 amide bonds. The van der Waals surface area contributed by atoms with E-state index in [4.69, 9.17) is 4.74 Å². The fourth-order valence-corrected chi connectivity index (χ4v) is 2.18. The highest BCUT2D eigenvalue weighted by Crippen LogP contribution is 2.02. The van der Waals surface area contributed by atoms with E-state index in [1.54, 1.807) is 13.3 Å². The van der Waals surface area contributed by atoms with Crippen molar-refractivity contribution in [1.82, 2.24) is 20.1 Å². The molecule has 0 radical (unpaired) electrons. The summed E-state index contributed by atoms with van der Waals surface area (Å²) in [6.07, 6.45) is 1.73. The van der Waals surface area contributed by atoms with Crippen molar-refractivity contribution in [3.63, 3.8) is 0 Å². The van der Waals surface area contributed by atoms with Crippen molar-refractivity contribution in [2.45, 2.75) is 6.54 Å². The number of aromatic nitrogens is 1. The molecule has 0 bridgehead atoms. The van der Waals surface area contributed by atoms with Gasteiger partial charge in [0.05, 0.1) is 18.8 Å². The zero-order chi connectivity index (χ0) is 14.2. The number of hydrogen-bond donors (Lipinski definition) is 1. The number of amides is 2. The molecule has 0 aliphatic carbocycles. The highest BCUT2D eigenvalue weighted by atomic mass is 16.5. The number of nitrogens with one attached hydrogen (secondary N) is 1. The molecule has 0 atom stereocenters. The highest BCUT2D eigenvalue weighted by Gasteiger charge is 2.20. The molecular formula is C14H22N4O2. The number of pyridine rings is 1. The van der Waals surface area contributed by atoms with Crippen molar-refractivity contribution in [1.29, 1.82) is 0 Å². The quantitative estimate of drug-likeness (QED) is 0.855. The Morgan fingerprint density at radius 2 is 2.15 bits per heavy atom. The molecule has 2 heterocycles. The third-order valence-electron chi connectivity index (χ3n) is 3.42. The molecule has 20 heavy (non-hydrogen) atoms. The summed E-state index contributed by atoms with van der Waals surface area (Å²) < 4.78 is 5.06. The molecule has 110 valence electrons. The lowest BCUT2D eigenvalue weighted by Gasteiger charge is -2.34. The predicted octanol–water partition coefficient (Wildman–Crippen LogP) is 0.555. The number of methoxy groups -OCH3 is 1. The lowest BCUT2D eigenvalue weighted by molar-refractivity contribution is 0.106. The van der Waals surface area contributed by atoms with Crippen LogP contribution in [0.25, 0.3) is 0 Å². The number of carbonyl (C=O) groups is 1. The second kappa shape index (κ2) is 7.81. The molecule has 0 saturated carbocycles. The van der Waals surface area contributed by atoms with Crippen LogP contribution in [0.1, 0.15) is 5.69 Å². The third kappa shape index (κ3) is 4.47. The van der Waals surface area contributed by atoms with Crippen molar-refractivity contribution < 1.29 is 9.53 Å². The van der Waals surface area contributed by atoms with Crippen LogP contribution in [-0.4, -0.2) is 67.3 Å². The van der Waals surface area contributed by atoms with Gasteiger partial charge in [0.25, 0.3) is 0 Å². The topological polar surface area (TPSA) is 57.7 Å². The van der Waals surface area contributed by atoms with Gasteiger partial charge in [-0.2, -0.15) is 0 Å². The van der Waals surface area contributed by atoms with Crippen molar-refractivity contribution >= 4 is 6.03 Å². The maximum atomic E-state index is 12.0. The van der Waals surface area contributed by atoms with Crippen LogP contribution in [0, 0.1) is 0 Å². The Morgan fingerprint density at radius 3 is 2.80 bits per heavy atom. The number of urea groups is 1. The normalized spacial score (nSPS) is 16.1. The monoisotopic (exact) mass is 278 g/mol. The minimum atomic E-state index is -0.0120. The third-order valence-corrected chi connectivity index (χ3v) is 3.42. The second-order valence-corrected chi connectivity index (χ2v) is 4.80. The maximum absolute atomic E-state index is 12.0. The summed E-state index contributed by atoms with van der Waals surface area (Å²) in [4.78, 5) is 20.4. The molecule has 1 aliphatic rings. The molecule has 6 nitrogen and oxygen atoms in total. The van der Waals surface area contributed by atoms with Gasteiger partial charge in [-0.1, -0.05) is 6.07 Å². The molecule has 0 spiro atoms. The first-order chi connectivity index (χ1) is 9.79. The van der Waals surface area contributed by atoms with Crippen molar-refractivity contribution in [3.8, 4) is 0 Å². The molecular weight excluding hydrogens is 256 g/mol. The van der Waals surface area contributed by atoms with Gasteiger partial charge in [-0.3, -0.25) is 9.88 Å². The van der Waals surface area contributed by atoms with Crippen molar-refractivity contribution in [2.24, 2.45) is 0 Å². The molecule has 1 fully saturated rings. The Kier molecular flexibility index (Phi) is 5.76. The van der Waals surface area contributed by atoms with Gasteiger partial charge in [-0.05, 0) is 12.1 Å². The largest absolute Gasteiger partial charge is 0.383 e. The fraction of sp³-hybridized carbons (Fsp3) is 0.571. The van der Waals surface area contributed by atoms with E-state index >= 15 is 0 Å². The molecule has 2 rings (SSSR count). The summed E-state index contributed by atoms with van der Waals surface area (Å²) in [5, 5.41) is 2.91. The van der Waals surface area contributed by atoms with Crippen LogP contribution in [-0.2, 0) is 11.3 Å². The molecule has 1 aromatic rings. The van der Waals surface area contributed by atoms with Crippen LogP contribution in [0.15, 0.2) is 24.4 Å². The Balaban J connectivity index is 1.69. The smallest absolute Gasteiger partial charge is 0.317 e. The van der Waals surface area contributed by atoms with Crippen LogP contribution in [0.2, 0.25) is 0 Å². The molecule has 1 aliphatic heterocycles. The zero-order valence-corrected chi connectivity index (χ0v) is 11.9. The standard InChI is InChI=1S/C14H22N4O2/c1-20-11-10-17-6-8-18(9-7-17)14(19)16-12-13-4-2-3-5-15-13/h2-5H,6-12H2,1H3,(H,16,19). The summed E-state index contributed by atoms with van der Waals surface area (Å²) in [6.45, 7) is 5.48. The first kappa shape index (κ1) is 14.7. The van der Waals surface area contributed by atoms with Gasteiger partial charge in [0.15, 0.2) is 0 Å². The van der Waals surface area contributed by atoms with E-state index in [-0.39, 0.29) is 6.03 Å². The summed E-state index contributed by atoms with van der Waals surface area (Å²) in [7, 11) is 1.71. The minimum absolute atomic E-state index is 0.0120. The van der Waals surface area contributed by atoms with E-state index in [1.165, 1.54) is 0 Å². The number of ether oxygens (including phenoxy) is 1. The van der Waals surface area contributed by atoms with Gasteiger partial charge < -0.3 is 15.0 Å². The molecule has 1 N–H and O–H groups in total. The number of nitrogens with zero attached hydrogens (tertiary/aromatic N) is 3. The van der Waals surface area contributed by atoms with Gasteiger partial charge in [0.2, 0.25) is 0 Å². The molecule has 0 aromatic carbocycles. The second-order valence-electron chi connectivity index (χ2n) is 4.80. The maximum Gasteiger partial charge on any atom is 0.317 e. The van der Waals surface area contributed by atoms with Crippen molar-refractivity contribution in [3.05, 3.63) is 30.1 Å². The van der Waals surface area contributed by atoms with Crippen LogP contribution >= 0.6 is 0 Å². The van der Waals surface area contributed by atoms with E-state index in [2.05, 4.69) is 15.2 Å². The summed E-state index contributed by atoms with van der Waals surface area (Å²) in [5.74, 6) is 0. The van der Waals surface area contributed by atoms with Gasteiger partial charge in [0, 0.05) is 46.0 Å². The Morgan fingerprint density at radius 1 is 1.35 bits per heavy atom. The van der Waals surface area contributed by atoms with Crippen LogP contribution in [0.4, 0.5) is 4.79 Å². The van der Waals surface area contributed by atoms with E-state index in [9.17, 15) is 4.79 Å². The molecule has 1 saturated heterocycles. The molecule has 0 unspecified atom stereocenters. The predicted molar refractivity (Wildman–Crippen MR) is 76.4 cm³/mol. The van der Waals surface area contributed by atoms with Crippen LogP contribution in [0.5, 0.6) is 0 Å². The SMILES string of the molecule is COCCN1CCN(C(=O)NCc2ccccn2)CC1. The average molecular weight is 278 g/mol.